The zero-order valence-electron chi connectivity index (χ0n) is 16.0. The maximum Gasteiger partial charge on any atom is 0.322 e. The number of urea groups is 1. The van der Waals surface area contributed by atoms with Gasteiger partial charge in [-0.05, 0) is 31.2 Å². The summed E-state index contributed by atoms with van der Waals surface area (Å²) in [6.07, 6.45) is 1.64. The molecule has 0 atom stereocenters. The van der Waals surface area contributed by atoms with Crippen LogP contribution in [0.5, 0.6) is 0 Å². The molecule has 2 aromatic heterocycles. The number of fused-ring (bicyclic) bond motifs is 1. The van der Waals surface area contributed by atoms with Crippen LogP contribution in [0.25, 0.3) is 11.2 Å². The zero-order valence-corrected chi connectivity index (χ0v) is 16.0. The number of hydrogen-bond donors (Lipinski definition) is 1. The number of benzene rings is 1. The van der Waals surface area contributed by atoms with Crippen LogP contribution in [-0.2, 0) is 6.54 Å². The molecule has 1 fully saturated rings. The lowest BCUT2D eigenvalue weighted by Gasteiger charge is -2.35. The topological polar surface area (TPSA) is 83.4 Å². The Bertz CT molecular complexity index is 1110. The summed E-state index contributed by atoms with van der Waals surface area (Å²) in [6.45, 7) is 4.11. The normalized spacial score (nSPS) is 14.3. The number of pyridine rings is 1. The van der Waals surface area contributed by atoms with E-state index >= 15 is 0 Å². The highest BCUT2D eigenvalue weighted by molar-refractivity contribution is 5.89. The SMILES string of the molecule is CCn1c(=O)c(N2CCN(C(=O)Nc3ccccc3F)CC2)nc2cccnc21. The van der Waals surface area contributed by atoms with Crippen molar-refractivity contribution in [2.24, 2.45) is 0 Å². The van der Waals surface area contributed by atoms with E-state index in [-0.39, 0.29) is 17.3 Å². The van der Waals surface area contributed by atoms with Gasteiger partial charge < -0.3 is 15.1 Å². The van der Waals surface area contributed by atoms with Gasteiger partial charge in [-0.25, -0.2) is 19.2 Å². The molecular formula is C20H21FN6O2. The molecule has 3 aromatic rings. The molecule has 9 heteroatoms. The number of halogens is 1. The van der Waals surface area contributed by atoms with Crippen molar-refractivity contribution in [1.29, 1.82) is 0 Å². The summed E-state index contributed by atoms with van der Waals surface area (Å²) in [6, 6.07) is 9.30. The van der Waals surface area contributed by atoms with Gasteiger partial charge in [-0.3, -0.25) is 9.36 Å². The molecule has 0 spiro atoms. The largest absolute Gasteiger partial charge is 0.348 e. The molecule has 8 nitrogen and oxygen atoms in total. The molecule has 1 aromatic carbocycles. The molecule has 4 rings (SSSR count). The number of piperazine rings is 1. The van der Waals surface area contributed by atoms with E-state index in [1.165, 1.54) is 12.1 Å². The quantitative estimate of drug-likeness (QED) is 0.735. The number of hydrogen-bond acceptors (Lipinski definition) is 5. The van der Waals surface area contributed by atoms with E-state index in [2.05, 4.69) is 15.3 Å². The van der Waals surface area contributed by atoms with Gasteiger partial charge in [0.15, 0.2) is 11.5 Å². The lowest BCUT2D eigenvalue weighted by Crippen LogP contribution is -2.51. The highest BCUT2D eigenvalue weighted by atomic mass is 19.1. The molecular weight excluding hydrogens is 375 g/mol. The Balaban J connectivity index is 1.50. The Morgan fingerprint density at radius 1 is 1.14 bits per heavy atom. The van der Waals surface area contributed by atoms with Crippen LogP contribution in [0, 0.1) is 5.82 Å². The Hall–Kier alpha value is -3.49. The minimum absolute atomic E-state index is 0.148. The minimum atomic E-state index is -0.478. The second kappa shape index (κ2) is 7.86. The van der Waals surface area contributed by atoms with Crippen molar-refractivity contribution in [2.75, 3.05) is 36.4 Å². The van der Waals surface area contributed by atoms with Gasteiger partial charge >= 0.3 is 6.03 Å². The number of nitrogens with one attached hydrogen (secondary N) is 1. The van der Waals surface area contributed by atoms with Gasteiger partial charge in [0, 0.05) is 38.9 Å². The summed E-state index contributed by atoms with van der Waals surface area (Å²) in [4.78, 5) is 37.6. The Labute approximate surface area is 166 Å². The van der Waals surface area contributed by atoms with E-state index in [0.29, 0.717) is 49.7 Å². The van der Waals surface area contributed by atoms with Crippen molar-refractivity contribution in [2.45, 2.75) is 13.5 Å². The number of anilines is 2. The van der Waals surface area contributed by atoms with Crippen molar-refractivity contribution < 1.29 is 9.18 Å². The Morgan fingerprint density at radius 2 is 1.90 bits per heavy atom. The Morgan fingerprint density at radius 3 is 2.62 bits per heavy atom. The highest BCUT2D eigenvalue weighted by Crippen LogP contribution is 2.16. The van der Waals surface area contributed by atoms with E-state index in [0.717, 1.165) is 0 Å². The van der Waals surface area contributed by atoms with Gasteiger partial charge in [0.25, 0.3) is 5.56 Å². The third-order valence-corrected chi connectivity index (χ3v) is 4.98. The van der Waals surface area contributed by atoms with Crippen LogP contribution in [0.4, 0.5) is 20.7 Å². The summed E-state index contributed by atoms with van der Waals surface area (Å²) < 4.78 is 15.4. The van der Waals surface area contributed by atoms with Crippen molar-refractivity contribution in [3.8, 4) is 0 Å². The number of carbonyl (C=O) groups excluding carboxylic acids is 1. The van der Waals surface area contributed by atoms with Gasteiger partial charge in [0.05, 0.1) is 5.69 Å². The van der Waals surface area contributed by atoms with E-state index in [1.807, 2.05) is 17.9 Å². The third-order valence-electron chi connectivity index (χ3n) is 4.98. The van der Waals surface area contributed by atoms with Crippen LogP contribution in [0.15, 0.2) is 47.4 Å². The lowest BCUT2D eigenvalue weighted by molar-refractivity contribution is 0.208. The van der Waals surface area contributed by atoms with Gasteiger partial charge in [-0.15, -0.1) is 0 Å². The molecule has 150 valence electrons. The van der Waals surface area contributed by atoms with Gasteiger partial charge in [0.1, 0.15) is 11.3 Å². The number of rotatable bonds is 3. The highest BCUT2D eigenvalue weighted by Gasteiger charge is 2.25. The second-order valence-electron chi connectivity index (χ2n) is 6.72. The fraction of sp³-hybridized carbons (Fsp3) is 0.300. The fourth-order valence-corrected chi connectivity index (χ4v) is 3.44. The van der Waals surface area contributed by atoms with E-state index in [1.54, 1.807) is 33.9 Å². The molecule has 1 aliphatic heterocycles. The van der Waals surface area contributed by atoms with Crippen molar-refractivity contribution in [3.63, 3.8) is 0 Å². The molecule has 0 bridgehead atoms. The molecule has 0 saturated carbocycles. The molecule has 1 saturated heterocycles. The van der Waals surface area contributed by atoms with Crippen LogP contribution in [0.2, 0.25) is 0 Å². The number of nitrogens with zero attached hydrogens (tertiary/aromatic N) is 5. The Kier molecular flexibility index (Phi) is 5.11. The number of amides is 2. The number of aromatic nitrogens is 3. The molecule has 2 amide bonds. The second-order valence-corrected chi connectivity index (χ2v) is 6.72. The van der Waals surface area contributed by atoms with Crippen LogP contribution in [0.1, 0.15) is 6.92 Å². The molecule has 1 aliphatic rings. The first-order chi connectivity index (χ1) is 14.1. The summed E-state index contributed by atoms with van der Waals surface area (Å²) >= 11 is 0. The standard InChI is InChI=1S/C20H21FN6O2/c1-2-27-17-16(8-5-9-22-17)23-18(19(27)28)25-10-12-26(13-11-25)20(29)24-15-7-4-3-6-14(15)21/h3-9H,2,10-13H2,1H3,(H,24,29). The fourth-order valence-electron chi connectivity index (χ4n) is 3.44. The third kappa shape index (κ3) is 3.63. The molecule has 1 N–H and O–H groups in total. The minimum Gasteiger partial charge on any atom is -0.348 e. The average Bonchev–Trinajstić information content (AvgIpc) is 2.75. The van der Waals surface area contributed by atoms with Gasteiger partial charge in [-0.1, -0.05) is 12.1 Å². The van der Waals surface area contributed by atoms with Crippen LogP contribution in [-0.4, -0.2) is 51.6 Å². The van der Waals surface area contributed by atoms with E-state index in [9.17, 15) is 14.0 Å². The first kappa shape index (κ1) is 18.9. The molecule has 0 aliphatic carbocycles. The number of aryl methyl sites for hydroxylation is 1. The zero-order chi connectivity index (χ0) is 20.4. The van der Waals surface area contributed by atoms with E-state index in [4.69, 9.17) is 0 Å². The molecule has 0 unspecified atom stereocenters. The molecule has 0 radical (unpaired) electrons. The van der Waals surface area contributed by atoms with E-state index < -0.39 is 5.82 Å². The van der Waals surface area contributed by atoms with Crippen molar-refractivity contribution in [1.82, 2.24) is 19.4 Å². The smallest absolute Gasteiger partial charge is 0.322 e. The summed E-state index contributed by atoms with van der Waals surface area (Å²) in [7, 11) is 0. The molecule has 29 heavy (non-hydrogen) atoms. The average molecular weight is 396 g/mol. The summed E-state index contributed by atoms with van der Waals surface area (Å²) in [5.41, 5.74) is 1.17. The number of para-hydroxylation sites is 1. The summed E-state index contributed by atoms with van der Waals surface area (Å²) in [5, 5.41) is 2.59. The predicted molar refractivity (Wildman–Crippen MR) is 109 cm³/mol. The lowest BCUT2D eigenvalue weighted by atomic mass is 10.3. The maximum absolute atomic E-state index is 13.8. The maximum atomic E-state index is 13.8. The molecule has 3 heterocycles. The summed E-state index contributed by atoms with van der Waals surface area (Å²) in [5.74, 6) is -0.116. The first-order valence-electron chi connectivity index (χ1n) is 9.49. The van der Waals surface area contributed by atoms with Crippen molar-refractivity contribution in [3.05, 3.63) is 58.8 Å². The van der Waals surface area contributed by atoms with Crippen molar-refractivity contribution >= 4 is 28.7 Å². The van der Waals surface area contributed by atoms with Gasteiger partial charge in [-0.2, -0.15) is 0 Å². The van der Waals surface area contributed by atoms with Crippen LogP contribution in [0.3, 0.4) is 0 Å². The van der Waals surface area contributed by atoms with Gasteiger partial charge in [0.2, 0.25) is 0 Å². The van der Waals surface area contributed by atoms with Crippen LogP contribution < -0.4 is 15.8 Å². The monoisotopic (exact) mass is 396 g/mol. The predicted octanol–water partition coefficient (Wildman–Crippen LogP) is 2.30. The first-order valence-corrected chi connectivity index (χ1v) is 9.49. The number of carbonyl (C=O) groups is 1. The van der Waals surface area contributed by atoms with Crippen LogP contribution >= 0.6 is 0 Å².